The van der Waals surface area contributed by atoms with Crippen LogP contribution in [0.2, 0.25) is 0 Å². The highest BCUT2D eigenvalue weighted by Gasteiger charge is 2.14. The molecule has 0 aliphatic carbocycles. The highest BCUT2D eigenvalue weighted by Crippen LogP contribution is 2.17. The lowest BCUT2D eigenvalue weighted by Crippen LogP contribution is -2.24. The number of aromatic nitrogens is 2. The van der Waals surface area contributed by atoms with Gasteiger partial charge in [0, 0.05) is 11.9 Å². The monoisotopic (exact) mass is 278 g/mol. The maximum atomic E-state index is 12.1. The van der Waals surface area contributed by atoms with Crippen LogP contribution in [0.25, 0.3) is 0 Å². The number of benzene rings is 1. The Hall–Kier alpha value is -1.99. The Kier molecular flexibility index (Phi) is 3.77. The van der Waals surface area contributed by atoms with Crippen molar-refractivity contribution in [2.45, 2.75) is 18.4 Å². The normalized spacial score (nSPS) is 11.4. The molecule has 0 fully saturated rings. The van der Waals surface area contributed by atoms with Crippen LogP contribution in [0, 0.1) is 6.92 Å². The highest BCUT2D eigenvalue weighted by molar-refractivity contribution is 7.89. The summed E-state index contributed by atoms with van der Waals surface area (Å²) in [6.07, 6.45) is 1.53. The van der Waals surface area contributed by atoms with Gasteiger partial charge >= 0.3 is 0 Å². The minimum absolute atomic E-state index is 0.0873. The summed E-state index contributed by atoms with van der Waals surface area (Å²) in [5.41, 5.74) is 7.54. The molecule has 100 valence electrons. The number of aryl methyl sites for hydroxylation is 1. The van der Waals surface area contributed by atoms with E-state index in [9.17, 15) is 8.42 Å². The molecule has 1 aromatic carbocycles. The third-order valence-electron chi connectivity index (χ3n) is 2.63. The molecule has 0 unspecified atom stereocenters. The van der Waals surface area contributed by atoms with E-state index >= 15 is 0 Å². The maximum Gasteiger partial charge on any atom is 0.240 e. The molecule has 0 aliphatic heterocycles. The summed E-state index contributed by atoms with van der Waals surface area (Å²) in [6.45, 7) is 1.91. The van der Waals surface area contributed by atoms with E-state index in [-0.39, 0.29) is 11.4 Å². The third-order valence-corrected chi connectivity index (χ3v) is 4.03. The fraction of sp³-hybridized carbons (Fsp3) is 0.167. The molecule has 0 aliphatic rings. The predicted octanol–water partition coefficient (Wildman–Crippen LogP) is 0.846. The van der Waals surface area contributed by atoms with Crippen LogP contribution in [0.4, 0.5) is 5.69 Å². The van der Waals surface area contributed by atoms with Crippen molar-refractivity contribution in [2.24, 2.45) is 0 Å². The summed E-state index contributed by atoms with van der Waals surface area (Å²) in [7, 11) is -3.60. The van der Waals surface area contributed by atoms with Gasteiger partial charge in [0.25, 0.3) is 0 Å². The minimum atomic E-state index is -3.60. The second-order valence-electron chi connectivity index (χ2n) is 4.06. The molecule has 3 N–H and O–H groups in total. The predicted molar refractivity (Wildman–Crippen MR) is 71.6 cm³/mol. The van der Waals surface area contributed by atoms with Crippen molar-refractivity contribution in [3.8, 4) is 0 Å². The third kappa shape index (κ3) is 3.27. The number of hydrogen-bond donors (Lipinski definition) is 2. The van der Waals surface area contributed by atoms with Crippen LogP contribution in [0.15, 0.2) is 41.4 Å². The van der Waals surface area contributed by atoms with Gasteiger partial charge in [0.1, 0.15) is 0 Å². The number of nitrogens with two attached hydrogens (primary N) is 1. The van der Waals surface area contributed by atoms with Crippen molar-refractivity contribution in [3.05, 3.63) is 47.8 Å². The number of nitrogens with zero attached hydrogens (tertiary/aromatic N) is 2. The zero-order valence-corrected chi connectivity index (χ0v) is 11.2. The van der Waals surface area contributed by atoms with E-state index in [1.807, 2.05) is 6.92 Å². The maximum absolute atomic E-state index is 12.1. The zero-order chi connectivity index (χ0) is 13.9. The molecule has 2 rings (SSSR count). The first-order valence-corrected chi connectivity index (χ1v) is 7.10. The molecule has 0 radical (unpaired) electrons. The highest BCUT2D eigenvalue weighted by atomic mass is 32.2. The van der Waals surface area contributed by atoms with Gasteiger partial charge < -0.3 is 5.73 Å². The van der Waals surface area contributed by atoms with E-state index in [4.69, 9.17) is 5.73 Å². The lowest BCUT2D eigenvalue weighted by molar-refractivity contribution is 0.580. The smallest absolute Gasteiger partial charge is 0.240 e. The molecular formula is C12H14N4O2S. The van der Waals surface area contributed by atoms with Crippen LogP contribution in [0.3, 0.4) is 0 Å². The van der Waals surface area contributed by atoms with E-state index in [2.05, 4.69) is 14.9 Å². The lowest BCUT2D eigenvalue weighted by atomic mass is 10.2. The van der Waals surface area contributed by atoms with Crippen molar-refractivity contribution < 1.29 is 8.42 Å². The van der Waals surface area contributed by atoms with Crippen LogP contribution in [0.5, 0.6) is 0 Å². The Labute approximate surface area is 111 Å². The summed E-state index contributed by atoms with van der Waals surface area (Å²) in [5.74, 6) is 0. The van der Waals surface area contributed by atoms with Gasteiger partial charge in [0.05, 0.1) is 17.1 Å². The Morgan fingerprint density at radius 2 is 2.11 bits per heavy atom. The van der Waals surface area contributed by atoms with Crippen LogP contribution in [-0.2, 0) is 16.6 Å². The Morgan fingerprint density at radius 1 is 1.32 bits per heavy atom. The van der Waals surface area contributed by atoms with E-state index in [1.165, 1.54) is 18.3 Å². The lowest BCUT2D eigenvalue weighted by Gasteiger charge is -2.08. The largest absolute Gasteiger partial charge is 0.398 e. The molecule has 0 amide bonds. The molecule has 6 nitrogen and oxygen atoms in total. The van der Waals surface area contributed by atoms with Crippen molar-refractivity contribution in [1.82, 2.24) is 14.9 Å². The number of anilines is 1. The summed E-state index contributed by atoms with van der Waals surface area (Å²) < 4.78 is 26.6. The number of rotatable bonds is 4. The van der Waals surface area contributed by atoms with Gasteiger partial charge in [-0.3, -0.25) is 0 Å². The van der Waals surface area contributed by atoms with Crippen molar-refractivity contribution >= 4 is 15.7 Å². The molecular weight excluding hydrogens is 264 g/mol. The average molecular weight is 278 g/mol. The Bertz CT molecular complexity index is 671. The van der Waals surface area contributed by atoms with Crippen molar-refractivity contribution in [1.29, 1.82) is 0 Å². The van der Waals surface area contributed by atoms with Gasteiger partial charge in [0.15, 0.2) is 0 Å². The topological polar surface area (TPSA) is 98.0 Å². The van der Waals surface area contributed by atoms with Gasteiger partial charge in [-0.1, -0.05) is 6.07 Å². The van der Waals surface area contributed by atoms with E-state index < -0.39 is 10.0 Å². The number of nitrogens with one attached hydrogen (secondary N) is 1. The molecule has 1 heterocycles. The molecule has 19 heavy (non-hydrogen) atoms. The molecule has 0 saturated heterocycles. The fourth-order valence-corrected chi connectivity index (χ4v) is 2.50. The first kappa shape index (κ1) is 13.4. The number of hydrogen-bond acceptors (Lipinski definition) is 5. The zero-order valence-electron chi connectivity index (χ0n) is 10.4. The molecule has 1 aromatic heterocycles. The first-order valence-electron chi connectivity index (χ1n) is 5.61. The summed E-state index contributed by atoms with van der Waals surface area (Å²) in [6, 6.07) is 8.02. The van der Waals surface area contributed by atoms with Crippen molar-refractivity contribution in [2.75, 3.05) is 5.73 Å². The molecule has 7 heteroatoms. The minimum Gasteiger partial charge on any atom is -0.398 e. The summed E-state index contributed by atoms with van der Waals surface area (Å²) in [5, 5.41) is 7.48. The number of nitrogen functional groups attached to an aromatic ring is 1. The second kappa shape index (κ2) is 5.33. The molecule has 2 aromatic rings. The van der Waals surface area contributed by atoms with Gasteiger partial charge in [-0.25, -0.2) is 13.1 Å². The van der Waals surface area contributed by atoms with Gasteiger partial charge in [-0.2, -0.15) is 10.2 Å². The molecule has 0 bridgehead atoms. The van der Waals surface area contributed by atoms with Gasteiger partial charge in [-0.15, -0.1) is 0 Å². The van der Waals surface area contributed by atoms with Gasteiger partial charge in [-0.05, 0) is 36.8 Å². The summed E-state index contributed by atoms with van der Waals surface area (Å²) in [4.78, 5) is 0.138. The number of sulfonamides is 1. The van der Waals surface area contributed by atoms with Gasteiger partial charge in [0.2, 0.25) is 10.0 Å². The van der Waals surface area contributed by atoms with Crippen LogP contribution < -0.4 is 10.5 Å². The molecule has 0 saturated carbocycles. The Morgan fingerprint density at radius 3 is 2.74 bits per heavy atom. The van der Waals surface area contributed by atoms with Crippen molar-refractivity contribution in [3.63, 3.8) is 0 Å². The SMILES string of the molecule is Cc1ccc(S(=O)(=O)NCc2cccnn2)cc1N. The Balaban J connectivity index is 2.16. The fourth-order valence-electron chi connectivity index (χ4n) is 1.47. The van der Waals surface area contributed by atoms with E-state index in [0.717, 1.165) is 5.56 Å². The quantitative estimate of drug-likeness (QED) is 0.808. The standard InChI is InChI=1S/C12H14N4O2S/c1-9-4-5-11(7-12(9)13)19(17,18)15-8-10-3-2-6-14-16-10/h2-7,15H,8,13H2,1H3. The molecule has 0 atom stereocenters. The summed E-state index contributed by atoms with van der Waals surface area (Å²) >= 11 is 0. The first-order chi connectivity index (χ1) is 8.99. The van der Waals surface area contributed by atoms with Crippen LogP contribution >= 0.6 is 0 Å². The molecule has 0 spiro atoms. The second-order valence-corrected chi connectivity index (χ2v) is 5.82. The van der Waals surface area contributed by atoms with E-state index in [1.54, 1.807) is 18.2 Å². The average Bonchev–Trinajstić information content (AvgIpc) is 2.41. The van der Waals surface area contributed by atoms with Crippen LogP contribution in [0.1, 0.15) is 11.3 Å². The van der Waals surface area contributed by atoms with E-state index in [0.29, 0.717) is 11.4 Å². The van der Waals surface area contributed by atoms with Crippen LogP contribution in [-0.4, -0.2) is 18.6 Å².